The summed E-state index contributed by atoms with van der Waals surface area (Å²) in [5.41, 5.74) is 0. The first-order valence-corrected chi connectivity index (χ1v) is 8.82. The minimum absolute atomic E-state index is 0.0468. The molecule has 0 spiro atoms. The number of nitriles is 2. The molecule has 1 aliphatic carbocycles. The number of nitrogens with zero attached hydrogens (tertiary/aromatic N) is 6. The van der Waals surface area contributed by atoms with Crippen LogP contribution in [0.2, 0.25) is 0 Å². The Morgan fingerprint density at radius 2 is 1.96 bits per heavy atom. The molecule has 0 bridgehead atoms. The van der Waals surface area contributed by atoms with E-state index in [4.69, 9.17) is 9.78 Å². The Bertz CT molecular complexity index is 611. The SMILES string of the molecule is N#CCCC(C#N)CN1CCCN(Cc2noc(C3CC3)n2)CC1. The first-order valence-electron chi connectivity index (χ1n) is 8.82. The van der Waals surface area contributed by atoms with Gasteiger partial charge in [0.15, 0.2) is 5.82 Å². The summed E-state index contributed by atoms with van der Waals surface area (Å²) in [6.07, 6.45) is 4.54. The van der Waals surface area contributed by atoms with Crippen LogP contribution in [0.25, 0.3) is 0 Å². The smallest absolute Gasteiger partial charge is 0.229 e. The first-order chi connectivity index (χ1) is 11.8. The zero-order valence-corrected chi connectivity index (χ0v) is 14.0. The summed E-state index contributed by atoms with van der Waals surface area (Å²) in [5.74, 6) is 2.04. The summed E-state index contributed by atoms with van der Waals surface area (Å²) >= 11 is 0. The van der Waals surface area contributed by atoms with Crippen molar-refractivity contribution in [3.63, 3.8) is 0 Å². The van der Waals surface area contributed by atoms with Crippen LogP contribution in [0, 0.1) is 28.6 Å². The van der Waals surface area contributed by atoms with E-state index in [1.165, 1.54) is 12.8 Å². The van der Waals surface area contributed by atoms with Crippen molar-refractivity contribution in [2.75, 3.05) is 32.7 Å². The van der Waals surface area contributed by atoms with E-state index in [9.17, 15) is 5.26 Å². The van der Waals surface area contributed by atoms with Crippen molar-refractivity contribution in [1.29, 1.82) is 10.5 Å². The molecule has 128 valence electrons. The molecular weight excluding hydrogens is 304 g/mol. The second kappa shape index (κ2) is 8.23. The molecule has 3 rings (SSSR count). The summed E-state index contributed by atoms with van der Waals surface area (Å²) in [7, 11) is 0. The van der Waals surface area contributed by atoms with Gasteiger partial charge < -0.3 is 9.42 Å². The highest BCUT2D eigenvalue weighted by molar-refractivity contribution is 5.01. The molecule has 1 aromatic rings. The summed E-state index contributed by atoms with van der Waals surface area (Å²) in [4.78, 5) is 9.21. The van der Waals surface area contributed by atoms with Crippen molar-refractivity contribution >= 4 is 0 Å². The fourth-order valence-corrected chi connectivity index (χ4v) is 3.14. The van der Waals surface area contributed by atoms with Gasteiger partial charge in [0.05, 0.1) is 24.6 Å². The highest BCUT2D eigenvalue weighted by Gasteiger charge is 2.30. The van der Waals surface area contributed by atoms with Crippen LogP contribution in [0.5, 0.6) is 0 Å². The second-order valence-corrected chi connectivity index (χ2v) is 6.78. The van der Waals surface area contributed by atoms with Crippen molar-refractivity contribution in [1.82, 2.24) is 19.9 Å². The summed E-state index contributed by atoms with van der Waals surface area (Å²) in [6.45, 7) is 5.40. The number of hydrogen-bond acceptors (Lipinski definition) is 7. The molecule has 1 saturated carbocycles. The molecule has 0 amide bonds. The summed E-state index contributed by atoms with van der Waals surface area (Å²) in [6, 6.07) is 4.47. The third-order valence-electron chi connectivity index (χ3n) is 4.72. The van der Waals surface area contributed by atoms with Gasteiger partial charge in [-0.25, -0.2) is 0 Å². The Morgan fingerprint density at radius 3 is 2.71 bits per heavy atom. The van der Waals surface area contributed by atoms with Crippen molar-refractivity contribution in [2.45, 2.75) is 44.6 Å². The molecule has 1 unspecified atom stereocenters. The van der Waals surface area contributed by atoms with E-state index in [0.717, 1.165) is 57.4 Å². The van der Waals surface area contributed by atoms with E-state index in [-0.39, 0.29) is 5.92 Å². The predicted molar refractivity (Wildman–Crippen MR) is 86.6 cm³/mol. The topological polar surface area (TPSA) is 93.0 Å². The van der Waals surface area contributed by atoms with Crippen molar-refractivity contribution in [3.05, 3.63) is 11.7 Å². The lowest BCUT2D eigenvalue weighted by molar-refractivity contribution is 0.232. The molecule has 2 fully saturated rings. The van der Waals surface area contributed by atoms with Gasteiger partial charge in [0.1, 0.15) is 0 Å². The minimum atomic E-state index is -0.0468. The van der Waals surface area contributed by atoms with E-state index in [1.54, 1.807) is 0 Å². The third kappa shape index (κ3) is 4.77. The van der Waals surface area contributed by atoms with E-state index in [0.29, 0.717) is 18.8 Å². The van der Waals surface area contributed by atoms with E-state index >= 15 is 0 Å². The molecule has 1 aromatic heterocycles. The molecule has 0 aromatic carbocycles. The Hall–Kier alpha value is -1.96. The summed E-state index contributed by atoms with van der Waals surface area (Å²) in [5, 5.41) is 22.0. The van der Waals surface area contributed by atoms with Crippen LogP contribution in [-0.4, -0.2) is 52.7 Å². The minimum Gasteiger partial charge on any atom is -0.339 e. The lowest BCUT2D eigenvalue weighted by atomic mass is 10.0. The first kappa shape index (κ1) is 16.9. The molecule has 24 heavy (non-hydrogen) atoms. The van der Waals surface area contributed by atoms with Crippen molar-refractivity contribution < 1.29 is 4.52 Å². The maximum atomic E-state index is 9.23. The van der Waals surface area contributed by atoms with Crippen LogP contribution in [0.3, 0.4) is 0 Å². The molecule has 0 N–H and O–H groups in total. The fraction of sp³-hybridized carbons (Fsp3) is 0.765. The van der Waals surface area contributed by atoms with Gasteiger partial charge in [-0.15, -0.1) is 0 Å². The van der Waals surface area contributed by atoms with Crippen LogP contribution in [0.15, 0.2) is 4.52 Å². The van der Waals surface area contributed by atoms with Crippen LogP contribution in [-0.2, 0) is 6.54 Å². The number of rotatable bonds is 7. The fourth-order valence-electron chi connectivity index (χ4n) is 3.14. The Morgan fingerprint density at radius 1 is 1.17 bits per heavy atom. The molecule has 7 nitrogen and oxygen atoms in total. The van der Waals surface area contributed by atoms with E-state index in [2.05, 4.69) is 32.1 Å². The highest BCUT2D eigenvalue weighted by Crippen LogP contribution is 2.38. The van der Waals surface area contributed by atoms with Gasteiger partial charge in [0, 0.05) is 32.0 Å². The van der Waals surface area contributed by atoms with Crippen LogP contribution in [0.4, 0.5) is 0 Å². The molecule has 1 aliphatic heterocycles. The quantitative estimate of drug-likeness (QED) is 0.754. The van der Waals surface area contributed by atoms with Gasteiger partial charge in [0.25, 0.3) is 0 Å². The number of aromatic nitrogens is 2. The normalized spacial score (nSPS) is 20.9. The molecule has 2 heterocycles. The highest BCUT2D eigenvalue weighted by atomic mass is 16.5. The Kier molecular flexibility index (Phi) is 5.79. The molecule has 2 aliphatic rings. The number of hydrogen-bond donors (Lipinski definition) is 0. The average Bonchev–Trinajstić information content (AvgIpc) is 3.37. The molecule has 1 atom stereocenters. The second-order valence-electron chi connectivity index (χ2n) is 6.78. The summed E-state index contributed by atoms with van der Waals surface area (Å²) < 4.78 is 5.33. The maximum absolute atomic E-state index is 9.23. The zero-order chi connectivity index (χ0) is 16.8. The van der Waals surface area contributed by atoms with Gasteiger partial charge in [-0.1, -0.05) is 5.16 Å². The van der Waals surface area contributed by atoms with Gasteiger partial charge in [-0.3, -0.25) is 4.90 Å². The van der Waals surface area contributed by atoms with Crippen molar-refractivity contribution in [3.8, 4) is 12.1 Å². The Balaban J connectivity index is 1.45. The van der Waals surface area contributed by atoms with Crippen LogP contribution in [0.1, 0.15) is 49.7 Å². The third-order valence-corrected chi connectivity index (χ3v) is 4.72. The molecule has 7 heteroatoms. The van der Waals surface area contributed by atoms with Crippen molar-refractivity contribution in [2.24, 2.45) is 5.92 Å². The lowest BCUT2D eigenvalue weighted by Crippen LogP contribution is -2.33. The van der Waals surface area contributed by atoms with E-state index < -0.39 is 0 Å². The maximum Gasteiger partial charge on any atom is 0.229 e. The van der Waals surface area contributed by atoms with Gasteiger partial charge in [0.2, 0.25) is 5.89 Å². The average molecular weight is 328 g/mol. The van der Waals surface area contributed by atoms with Gasteiger partial charge in [-0.05, 0) is 38.8 Å². The molecular formula is C17H24N6O. The van der Waals surface area contributed by atoms with Crippen LogP contribution < -0.4 is 0 Å². The standard InChI is InChI=1S/C17H24N6O/c18-6-1-3-14(11-19)12-22-7-2-8-23(10-9-22)13-16-20-17(24-21-16)15-4-5-15/h14-15H,1-5,7-10,12-13H2. The zero-order valence-electron chi connectivity index (χ0n) is 14.0. The van der Waals surface area contributed by atoms with Crippen LogP contribution >= 0.6 is 0 Å². The monoisotopic (exact) mass is 328 g/mol. The molecule has 1 saturated heterocycles. The van der Waals surface area contributed by atoms with E-state index in [1.807, 2.05) is 0 Å². The molecule has 0 radical (unpaired) electrons. The van der Waals surface area contributed by atoms with Gasteiger partial charge >= 0.3 is 0 Å². The Labute approximate surface area is 142 Å². The lowest BCUT2D eigenvalue weighted by Gasteiger charge is -2.22. The predicted octanol–water partition coefficient (Wildman–Crippen LogP) is 1.90. The largest absolute Gasteiger partial charge is 0.339 e. The van der Waals surface area contributed by atoms with Gasteiger partial charge in [-0.2, -0.15) is 15.5 Å².